The molecule has 2 amide bonds. The van der Waals surface area contributed by atoms with E-state index in [9.17, 15) is 4.79 Å². The standard InChI is InChI=1S/C16H16BrClN2O/c1-16(2,11-7-9-12(18)10-8-11)20-15(21)19-14-6-4-3-5-13(14)17/h3-10H,1-2H3,(H2,19,20,21). The topological polar surface area (TPSA) is 41.1 Å². The molecule has 0 spiro atoms. The Balaban J connectivity index is 2.08. The van der Waals surface area contributed by atoms with Crippen molar-refractivity contribution < 1.29 is 4.79 Å². The van der Waals surface area contributed by atoms with Gasteiger partial charge in [0.15, 0.2) is 0 Å². The maximum absolute atomic E-state index is 12.2. The first-order valence-electron chi connectivity index (χ1n) is 6.48. The molecule has 0 aliphatic carbocycles. The number of carbonyl (C=O) groups excluding carboxylic acids is 1. The van der Waals surface area contributed by atoms with Gasteiger partial charge in [0, 0.05) is 9.50 Å². The molecule has 2 rings (SSSR count). The molecule has 3 nitrogen and oxygen atoms in total. The zero-order chi connectivity index (χ0) is 15.5. The molecular formula is C16H16BrClN2O. The van der Waals surface area contributed by atoms with E-state index in [1.165, 1.54) is 0 Å². The Labute approximate surface area is 137 Å². The monoisotopic (exact) mass is 366 g/mol. The Bertz CT molecular complexity index is 641. The summed E-state index contributed by atoms with van der Waals surface area (Å²) in [4.78, 5) is 12.2. The molecule has 0 heterocycles. The number of para-hydroxylation sites is 1. The molecule has 0 unspecified atom stereocenters. The van der Waals surface area contributed by atoms with E-state index in [2.05, 4.69) is 26.6 Å². The summed E-state index contributed by atoms with van der Waals surface area (Å²) >= 11 is 9.29. The smallest absolute Gasteiger partial charge is 0.319 e. The van der Waals surface area contributed by atoms with E-state index in [1.807, 2.05) is 62.4 Å². The summed E-state index contributed by atoms with van der Waals surface area (Å²) in [5.74, 6) is 0. The normalized spacial score (nSPS) is 11.0. The molecule has 0 fully saturated rings. The molecule has 21 heavy (non-hydrogen) atoms. The second-order valence-electron chi connectivity index (χ2n) is 5.19. The molecule has 0 aliphatic heterocycles. The lowest BCUT2D eigenvalue weighted by atomic mass is 9.94. The minimum absolute atomic E-state index is 0.262. The predicted molar refractivity (Wildman–Crippen MR) is 90.8 cm³/mol. The number of amides is 2. The van der Waals surface area contributed by atoms with Gasteiger partial charge < -0.3 is 10.6 Å². The molecule has 0 bridgehead atoms. The van der Waals surface area contributed by atoms with Gasteiger partial charge in [0.05, 0.1) is 11.2 Å². The van der Waals surface area contributed by atoms with Crippen LogP contribution in [0.1, 0.15) is 19.4 Å². The first-order chi connectivity index (χ1) is 9.88. The van der Waals surface area contributed by atoms with Crippen molar-refractivity contribution in [2.45, 2.75) is 19.4 Å². The number of benzene rings is 2. The number of halogens is 2. The molecule has 110 valence electrons. The maximum Gasteiger partial charge on any atom is 0.319 e. The summed E-state index contributed by atoms with van der Waals surface area (Å²) in [6.45, 7) is 3.88. The average Bonchev–Trinajstić information content (AvgIpc) is 2.41. The van der Waals surface area contributed by atoms with Crippen LogP contribution in [-0.2, 0) is 5.54 Å². The second-order valence-corrected chi connectivity index (χ2v) is 6.48. The molecule has 2 aromatic carbocycles. The van der Waals surface area contributed by atoms with Gasteiger partial charge in [-0.15, -0.1) is 0 Å². The lowest BCUT2D eigenvalue weighted by Gasteiger charge is -2.27. The minimum atomic E-state index is -0.504. The predicted octanol–water partition coefficient (Wildman–Crippen LogP) is 5.16. The van der Waals surface area contributed by atoms with E-state index >= 15 is 0 Å². The van der Waals surface area contributed by atoms with Gasteiger partial charge >= 0.3 is 6.03 Å². The number of carbonyl (C=O) groups is 1. The van der Waals surface area contributed by atoms with Crippen LogP contribution in [0, 0.1) is 0 Å². The molecule has 0 aromatic heterocycles. The molecule has 0 saturated heterocycles. The summed E-state index contributed by atoms with van der Waals surface area (Å²) in [5.41, 5.74) is 1.20. The van der Waals surface area contributed by atoms with E-state index in [-0.39, 0.29) is 6.03 Å². The quantitative estimate of drug-likeness (QED) is 0.773. The van der Waals surface area contributed by atoms with E-state index in [4.69, 9.17) is 11.6 Å². The van der Waals surface area contributed by atoms with E-state index in [0.717, 1.165) is 15.7 Å². The number of rotatable bonds is 3. The fourth-order valence-electron chi connectivity index (χ4n) is 1.94. The Morgan fingerprint density at radius 2 is 1.71 bits per heavy atom. The second kappa shape index (κ2) is 6.50. The van der Waals surface area contributed by atoms with Crippen LogP contribution in [0.4, 0.5) is 10.5 Å². The zero-order valence-corrected chi connectivity index (χ0v) is 14.1. The van der Waals surface area contributed by atoms with Gasteiger partial charge in [-0.25, -0.2) is 4.79 Å². The number of urea groups is 1. The summed E-state index contributed by atoms with van der Waals surface area (Å²) in [7, 11) is 0. The molecule has 0 radical (unpaired) electrons. The molecule has 0 aliphatic rings. The fraction of sp³-hybridized carbons (Fsp3) is 0.188. The molecular weight excluding hydrogens is 352 g/mol. The van der Waals surface area contributed by atoms with Gasteiger partial charge in [-0.3, -0.25) is 0 Å². The summed E-state index contributed by atoms with van der Waals surface area (Å²) in [6.07, 6.45) is 0. The zero-order valence-electron chi connectivity index (χ0n) is 11.8. The van der Waals surface area contributed by atoms with Crippen LogP contribution in [0.3, 0.4) is 0 Å². The number of anilines is 1. The Morgan fingerprint density at radius 3 is 2.33 bits per heavy atom. The van der Waals surface area contributed by atoms with Crippen LogP contribution in [0.15, 0.2) is 53.0 Å². The van der Waals surface area contributed by atoms with Crippen LogP contribution in [0.2, 0.25) is 5.02 Å². The van der Waals surface area contributed by atoms with Crippen molar-refractivity contribution in [3.05, 3.63) is 63.6 Å². The highest BCUT2D eigenvalue weighted by Crippen LogP contribution is 2.24. The number of hydrogen-bond donors (Lipinski definition) is 2. The van der Waals surface area contributed by atoms with Crippen LogP contribution in [0.5, 0.6) is 0 Å². The van der Waals surface area contributed by atoms with Crippen molar-refractivity contribution in [3.63, 3.8) is 0 Å². The Kier molecular flexibility index (Phi) is 4.91. The van der Waals surface area contributed by atoms with Crippen molar-refractivity contribution in [3.8, 4) is 0 Å². The van der Waals surface area contributed by atoms with Crippen molar-refractivity contribution in [1.29, 1.82) is 0 Å². The van der Waals surface area contributed by atoms with E-state index in [1.54, 1.807) is 0 Å². The summed E-state index contributed by atoms with van der Waals surface area (Å²) < 4.78 is 0.837. The third-order valence-electron chi connectivity index (χ3n) is 3.11. The highest BCUT2D eigenvalue weighted by atomic mass is 79.9. The largest absolute Gasteiger partial charge is 0.329 e. The summed E-state index contributed by atoms with van der Waals surface area (Å²) in [6, 6.07) is 14.6. The van der Waals surface area contributed by atoms with Crippen LogP contribution in [-0.4, -0.2) is 6.03 Å². The van der Waals surface area contributed by atoms with Crippen LogP contribution in [0.25, 0.3) is 0 Å². The summed E-state index contributed by atoms with van der Waals surface area (Å²) in [5, 5.41) is 6.45. The Hall–Kier alpha value is -1.52. The SMILES string of the molecule is CC(C)(NC(=O)Nc1ccccc1Br)c1ccc(Cl)cc1. The van der Waals surface area contributed by atoms with Gasteiger partial charge in [-0.2, -0.15) is 0 Å². The van der Waals surface area contributed by atoms with Crippen molar-refractivity contribution in [1.82, 2.24) is 5.32 Å². The molecule has 0 saturated carbocycles. The van der Waals surface area contributed by atoms with Crippen LogP contribution >= 0.6 is 27.5 Å². The number of nitrogens with one attached hydrogen (secondary N) is 2. The maximum atomic E-state index is 12.2. The van der Waals surface area contributed by atoms with Gasteiger partial charge in [-0.05, 0) is 59.6 Å². The average molecular weight is 368 g/mol. The first kappa shape index (κ1) is 15.9. The fourth-order valence-corrected chi connectivity index (χ4v) is 2.45. The lowest BCUT2D eigenvalue weighted by Crippen LogP contribution is -2.43. The Morgan fingerprint density at radius 1 is 1.10 bits per heavy atom. The third kappa shape index (κ3) is 4.22. The third-order valence-corrected chi connectivity index (χ3v) is 4.06. The van der Waals surface area contributed by atoms with Gasteiger partial charge in [0.1, 0.15) is 0 Å². The molecule has 2 N–H and O–H groups in total. The lowest BCUT2D eigenvalue weighted by molar-refractivity contribution is 0.242. The highest BCUT2D eigenvalue weighted by Gasteiger charge is 2.22. The van der Waals surface area contributed by atoms with Gasteiger partial charge in [0.25, 0.3) is 0 Å². The molecule has 2 aromatic rings. The van der Waals surface area contributed by atoms with Crippen molar-refractivity contribution in [2.75, 3.05) is 5.32 Å². The van der Waals surface area contributed by atoms with Crippen molar-refractivity contribution in [2.24, 2.45) is 0 Å². The first-order valence-corrected chi connectivity index (χ1v) is 7.65. The number of hydrogen-bond acceptors (Lipinski definition) is 1. The molecule has 5 heteroatoms. The van der Waals surface area contributed by atoms with E-state index in [0.29, 0.717) is 5.02 Å². The van der Waals surface area contributed by atoms with Crippen molar-refractivity contribution >= 4 is 39.2 Å². The van der Waals surface area contributed by atoms with E-state index < -0.39 is 5.54 Å². The highest BCUT2D eigenvalue weighted by molar-refractivity contribution is 9.10. The van der Waals surface area contributed by atoms with Gasteiger partial charge in [0.2, 0.25) is 0 Å². The van der Waals surface area contributed by atoms with Gasteiger partial charge in [-0.1, -0.05) is 35.9 Å². The van der Waals surface area contributed by atoms with Crippen LogP contribution < -0.4 is 10.6 Å². The minimum Gasteiger partial charge on any atom is -0.329 e. The molecule has 0 atom stereocenters.